The number of hydrogen-bond acceptors (Lipinski definition) is 2. The van der Waals surface area contributed by atoms with E-state index in [4.69, 9.17) is 5.73 Å². The van der Waals surface area contributed by atoms with E-state index in [9.17, 15) is 4.39 Å². The Bertz CT molecular complexity index is 350. The van der Waals surface area contributed by atoms with Gasteiger partial charge in [-0.1, -0.05) is 32.0 Å². The van der Waals surface area contributed by atoms with Crippen molar-refractivity contribution in [3.63, 3.8) is 0 Å². The zero-order valence-electron chi connectivity index (χ0n) is 11.0. The van der Waals surface area contributed by atoms with Crippen LogP contribution < -0.4 is 5.73 Å². The number of benzene rings is 1. The van der Waals surface area contributed by atoms with Crippen LogP contribution in [0.5, 0.6) is 0 Å². The number of nitrogens with two attached hydrogens (primary N) is 1. The highest BCUT2D eigenvalue weighted by molar-refractivity contribution is 5.25. The quantitative estimate of drug-likeness (QED) is 0.825. The minimum atomic E-state index is -0.147. The van der Waals surface area contributed by atoms with Crippen molar-refractivity contribution in [3.05, 3.63) is 35.1 Å². The largest absolute Gasteiger partial charge is 0.326 e. The maximum absolute atomic E-state index is 13.9. The van der Waals surface area contributed by atoms with Crippen LogP contribution in [-0.2, 0) is 13.1 Å². The van der Waals surface area contributed by atoms with E-state index in [-0.39, 0.29) is 12.4 Å². The highest BCUT2D eigenvalue weighted by Gasteiger charge is 2.09. The van der Waals surface area contributed by atoms with Crippen molar-refractivity contribution in [2.24, 2.45) is 11.7 Å². The molecule has 0 aliphatic heterocycles. The fourth-order valence-corrected chi connectivity index (χ4v) is 1.76. The molecule has 0 amide bonds. The zero-order valence-corrected chi connectivity index (χ0v) is 11.0. The van der Waals surface area contributed by atoms with Gasteiger partial charge >= 0.3 is 0 Å². The lowest BCUT2D eigenvalue weighted by Gasteiger charge is -2.18. The Morgan fingerprint density at radius 3 is 2.53 bits per heavy atom. The van der Waals surface area contributed by atoms with Crippen LogP contribution in [-0.4, -0.2) is 18.5 Å². The lowest BCUT2D eigenvalue weighted by Crippen LogP contribution is -2.21. The molecule has 3 heteroatoms. The monoisotopic (exact) mass is 238 g/mol. The van der Waals surface area contributed by atoms with Gasteiger partial charge in [-0.05, 0) is 25.9 Å². The minimum absolute atomic E-state index is 0.147. The fourth-order valence-electron chi connectivity index (χ4n) is 1.76. The standard InChI is InChI=1S/C14H23FN2/c1-11(2)7-8-17(3)10-13-6-4-5-12(9-16)14(13)15/h4-6,11H,7-10,16H2,1-3H3. The van der Waals surface area contributed by atoms with Crippen LogP contribution in [0.15, 0.2) is 18.2 Å². The number of hydrogen-bond donors (Lipinski definition) is 1. The summed E-state index contributed by atoms with van der Waals surface area (Å²) in [6, 6.07) is 5.45. The van der Waals surface area contributed by atoms with Crippen molar-refractivity contribution in [1.82, 2.24) is 4.90 Å². The Kier molecular flexibility index (Phi) is 5.59. The van der Waals surface area contributed by atoms with Crippen molar-refractivity contribution in [2.75, 3.05) is 13.6 Å². The van der Waals surface area contributed by atoms with E-state index in [1.807, 2.05) is 19.2 Å². The van der Waals surface area contributed by atoms with Gasteiger partial charge in [0.2, 0.25) is 0 Å². The molecule has 0 heterocycles. The summed E-state index contributed by atoms with van der Waals surface area (Å²) in [5, 5.41) is 0. The second-order valence-electron chi connectivity index (χ2n) is 5.01. The smallest absolute Gasteiger partial charge is 0.132 e. The molecule has 0 aliphatic rings. The van der Waals surface area contributed by atoms with Crippen molar-refractivity contribution in [2.45, 2.75) is 33.4 Å². The molecule has 17 heavy (non-hydrogen) atoms. The number of halogens is 1. The van der Waals surface area contributed by atoms with Crippen LogP contribution in [0.1, 0.15) is 31.4 Å². The van der Waals surface area contributed by atoms with Gasteiger partial charge in [0.1, 0.15) is 5.82 Å². The normalized spacial score (nSPS) is 11.5. The number of rotatable bonds is 6. The third-order valence-corrected chi connectivity index (χ3v) is 2.91. The van der Waals surface area contributed by atoms with E-state index in [0.717, 1.165) is 18.5 Å². The van der Waals surface area contributed by atoms with Gasteiger partial charge in [0, 0.05) is 24.2 Å². The predicted octanol–water partition coefficient (Wildman–Crippen LogP) is 2.76. The highest BCUT2D eigenvalue weighted by atomic mass is 19.1. The number of nitrogens with zero attached hydrogens (tertiary/aromatic N) is 1. The molecule has 0 aliphatic carbocycles. The van der Waals surface area contributed by atoms with Crippen LogP contribution in [0.4, 0.5) is 4.39 Å². The molecule has 0 radical (unpaired) electrons. The second-order valence-corrected chi connectivity index (χ2v) is 5.01. The Labute approximate surface area is 104 Å². The fraction of sp³-hybridized carbons (Fsp3) is 0.571. The summed E-state index contributed by atoms with van der Waals surface area (Å²) >= 11 is 0. The maximum Gasteiger partial charge on any atom is 0.132 e. The third-order valence-electron chi connectivity index (χ3n) is 2.91. The van der Waals surface area contributed by atoms with E-state index < -0.39 is 0 Å². The van der Waals surface area contributed by atoms with Gasteiger partial charge in [-0.15, -0.1) is 0 Å². The van der Waals surface area contributed by atoms with Crippen LogP contribution in [0, 0.1) is 11.7 Å². The minimum Gasteiger partial charge on any atom is -0.326 e. The van der Waals surface area contributed by atoms with Crippen LogP contribution in [0.3, 0.4) is 0 Å². The summed E-state index contributed by atoms with van der Waals surface area (Å²) < 4.78 is 13.9. The van der Waals surface area contributed by atoms with E-state index >= 15 is 0 Å². The summed E-state index contributed by atoms with van der Waals surface area (Å²) in [6.45, 7) is 6.29. The lowest BCUT2D eigenvalue weighted by atomic mass is 10.1. The Morgan fingerprint density at radius 2 is 1.94 bits per heavy atom. The first kappa shape index (κ1) is 14.1. The second kappa shape index (κ2) is 6.72. The van der Waals surface area contributed by atoms with E-state index in [1.165, 1.54) is 0 Å². The first-order valence-electron chi connectivity index (χ1n) is 6.19. The summed E-state index contributed by atoms with van der Waals surface area (Å²) in [4.78, 5) is 2.15. The summed E-state index contributed by atoms with van der Waals surface area (Å²) in [5.41, 5.74) is 6.83. The van der Waals surface area contributed by atoms with Gasteiger partial charge in [0.15, 0.2) is 0 Å². The van der Waals surface area contributed by atoms with Gasteiger partial charge in [-0.25, -0.2) is 4.39 Å². The summed E-state index contributed by atoms with van der Waals surface area (Å²) in [5.74, 6) is 0.532. The average molecular weight is 238 g/mol. The van der Waals surface area contributed by atoms with Crippen molar-refractivity contribution in [1.29, 1.82) is 0 Å². The molecule has 1 rings (SSSR count). The van der Waals surface area contributed by atoms with Gasteiger partial charge < -0.3 is 10.6 Å². The molecule has 0 fully saturated rings. The topological polar surface area (TPSA) is 29.3 Å². The van der Waals surface area contributed by atoms with Crippen molar-refractivity contribution >= 4 is 0 Å². The van der Waals surface area contributed by atoms with Crippen LogP contribution in [0.25, 0.3) is 0 Å². The maximum atomic E-state index is 13.9. The molecule has 2 nitrogen and oxygen atoms in total. The Balaban J connectivity index is 2.62. The van der Waals surface area contributed by atoms with E-state index in [1.54, 1.807) is 6.07 Å². The zero-order chi connectivity index (χ0) is 12.8. The first-order valence-corrected chi connectivity index (χ1v) is 6.19. The van der Waals surface area contributed by atoms with Crippen molar-refractivity contribution < 1.29 is 4.39 Å². The molecule has 0 unspecified atom stereocenters. The van der Waals surface area contributed by atoms with E-state index in [0.29, 0.717) is 18.0 Å². The first-order chi connectivity index (χ1) is 8.04. The molecule has 0 spiro atoms. The summed E-state index contributed by atoms with van der Waals surface area (Å²) in [7, 11) is 2.02. The lowest BCUT2D eigenvalue weighted by molar-refractivity contribution is 0.299. The predicted molar refractivity (Wildman–Crippen MR) is 70.1 cm³/mol. The molecule has 0 aromatic heterocycles. The Hall–Kier alpha value is -0.930. The van der Waals surface area contributed by atoms with Crippen LogP contribution in [0.2, 0.25) is 0 Å². The molecule has 2 N–H and O–H groups in total. The third kappa shape index (κ3) is 4.44. The molecule has 0 saturated carbocycles. The molecule has 1 aromatic rings. The molecular formula is C14H23FN2. The van der Waals surface area contributed by atoms with Gasteiger partial charge in [-0.3, -0.25) is 0 Å². The molecule has 0 saturated heterocycles. The van der Waals surface area contributed by atoms with Crippen molar-refractivity contribution in [3.8, 4) is 0 Å². The van der Waals surface area contributed by atoms with Gasteiger partial charge in [0.05, 0.1) is 0 Å². The Morgan fingerprint density at radius 1 is 1.29 bits per heavy atom. The van der Waals surface area contributed by atoms with Crippen LogP contribution >= 0.6 is 0 Å². The molecule has 96 valence electrons. The van der Waals surface area contributed by atoms with Gasteiger partial charge in [0.25, 0.3) is 0 Å². The average Bonchev–Trinajstić information content (AvgIpc) is 2.29. The van der Waals surface area contributed by atoms with E-state index in [2.05, 4.69) is 18.7 Å². The molecule has 0 atom stereocenters. The molecule has 1 aromatic carbocycles. The molecular weight excluding hydrogens is 215 g/mol. The molecule has 0 bridgehead atoms. The highest BCUT2D eigenvalue weighted by Crippen LogP contribution is 2.14. The van der Waals surface area contributed by atoms with Gasteiger partial charge in [-0.2, -0.15) is 0 Å². The SMILES string of the molecule is CC(C)CCN(C)Cc1cccc(CN)c1F. The summed E-state index contributed by atoms with van der Waals surface area (Å²) in [6.07, 6.45) is 1.13.